The molecule has 1 heterocycles. The van der Waals surface area contributed by atoms with Crippen molar-refractivity contribution >= 4 is 23.5 Å². The lowest BCUT2D eigenvalue weighted by atomic mass is 10.3. The van der Waals surface area contributed by atoms with Gasteiger partial charge in [-0.15, -0.1) is 5.10 Å². The van der Waals surface area contributed by atoms with Crippen molar-refractivity contribution in [3.63, 3.8) is 0 Å². The molecule has 0 amide bonds. The van der Waals surface area contributed by atoms with Crippen LogP contribution in [0.15, 0.2) is 18.2 Å². The second-order valence-corrected chi connectivity index (χ2v) is 4.63. The van der Waals surface area contributed by atoms with Crippen LogP contribution in [-0.2, 0) is 0 Å². The summed E-state index contributed by atoms with van der Waals surface area (Å²) in [6.45, 7) is 0. The summed E-state index contributed by atoms with van der Waals surface area (Å²) in [5.41, 5.74) is 6.24. The summed E-state index contributed by atoms with van der Waals surface area (Å²) >= 11 is 5.63. The number of rotatable bonds is 3. The molecule has 3 rings (SSSR count). The Morgan fingerprint density at radius 3 is 2.89 bits per heavy atom. The zero-order chi connectivity index (χ0) is 12.7. The van der Waals surface area contributed by atoms with Crippen molar-refractivity contribution in [1.29, 1.82) is 0 Å². The van der Waals surface area contributed by atoms with Gasteiger partial charge in [0.15, 0.2) is 0 Å². The maximum absolute atomic E-state index is 13.4. The van der Waals surface area contributed by atoms with Crippen molar-refractivity contribution < 1.29 is 4.39 Å². The van der Waals surface area contributed by atoms with E-state index in [2.05, 4.69) is 15.4 Å². The molecule has 0 unspecified atom stereocenters. The van der Waals surface area contributed by atoms with Crippen molar-refractivity contribution in [2.75, 3.05) is 11.1 Å². The normalized spacial score (nSPS) is 14.8. The molecule has 94 valence electrons. The highest BCUT2D eigenvalue weighted by molar-refractivity contribution is 6.30. The quantitative estimate of drug-likeness (QED) is 0.895. The third-order valence-electron chi connectivity index (χ3n) is 2.69. The maximum atomic E-state index is 13.4. The standard InChI is InChI=1S/C11H11ClFN5/c12-8-4-3-7(5-9(8)13)18-10(14)16-11(17-18)15-6-1-2-6/h3-6H,1-2H2,(H3,14,15,16,17). The molecule has 0 radical (unpaired) electrons. The summed E-state index contributed by atoms with van der Waals surface area (Å²) in [5.74, 6) is 0.158. The molecule has 0 aliphatic heterocycles. The first-order valence-electron chi connectivity index (χ1n) is 5.58. The van der Waals surface area contributed by atoms with Gasteiger partial charge < -0.3 is 11.1 Å². The van der Waals surface area contributed by atoms with Gasteiger partial charge in [-0.3, -0.25) is 0 Å². The summed E-state index contributed by atoms with van der Waals surface area (Å²) in [7, 11) is 0. The van der Waals surface area contributed by atoms with Crippen LogP contribution in [0.4, 0.5) is 16.3 Å². The van der Waals surface area contributed by atoms with Gasteiger partial charge in [-0.2, -0.15) is 9.67 Å². The molecular formula is C11H11ClFN5. The summed E-state index contributed by atoms with van der Waals surface area (Å²) in [6, 6.07) is 4.80. The minimum Gasteiger partial charge on any atom is -0.368 e. The van der Waals surface area contributed by atoms with Gasteiger partial charge in [0.05, 0.1) is 10.7 Å². The molecule has 7 heteroatoms. The highest BCUT2D eigenvalue weighted by Crippen LogP contribution is 2.24. The van der Waals surface area contributed by atoms with E-state index in [0.717, 1.165) is 12.8 Å². The van der Waals surface area contributed by atoms with Crippen LogP contribution in [-0.4, -0.2) is 20.8 Å². The molecule has 1 aromatic carbocycles. The minimum atomic E-state index is -0.513. The van der Waals surface area contributed by atoms with Crippen LogP contribution in [0.1, 0.15) is 12.8 Å². The Bertz CT molecular complexity index is 593. The Hall–Kier alpha value is -1.82. The van der Waals surface area contributed by atoms with E-state index in [4.69, 9.17) is 17.3 Å². The van der Waals surface area contributed by atoms with Crippen LogP contribution >= 0.6 is 11.6 Å². The molecule has 2 aromatic rings. The highest BCUT2D eigenvalue weighted by Gasteiger charge is 2.23. The summed E-state index contributed by atoms with van der Waals surface area (Å²) in [4.78, 5) is 4.08. The topological polar surface area (TPSA) is 68.8 Å². The monoisotopic (exact) mass is 267 g/mol. The van der Waals surface area contributed by atoms with Crippen molar-refractivity contribution in [2.24, 2.45) is 0 Å². The van der Waals surface area contributed by atoms with Crippen molar-refractivity contribution in [2.45, 2.75) is 18.9 Å². The summed E-state index contributed by atoms with van der Waals surface area (Å²) < 4.78 is 14.8. The third kappa shape index (κ3) is 2.11. The maximum Gasteiger partial charge on any atom is 0.244 e. The average Bonchev–Trinajstić information content (AvgIpc) is 3.06. The number of nitrogens with one attached hydrogen (secondary N) is 1. The zero-order valence-corrected chi connectivity index (χ0v) is 10.2. The number of nitrogen functional groups attached to an aromatic ring is 1. The third-order valence-corrected chi connectivity index (χ3v) is 3.00. The van der Waals surface area contributed by atoms with E-state index in [1.807, 2.05) is 0 Å². The number of hydrogen-bond donors (Lipinski definition) is 2. The Morgan fingerprint density at radius 1 is 1.44 bits per heavy atom. The van der Waals surface area contributed by atoms with E-state index in [-0.39, 0.29) is 11.0 Å². The van der Waals surface area contributed by atoms with Gasteiger partial charge in [-0.05, 0) is 25.0 Å². The van der Waals surface area contributed by atoms with Gasteiger partial charge in [-0.25, -0.2) is 4.39 Å². The van der Waals surface area contributed by atoms with Gasteiger partial charge in [0.25, 0.3) is 0 Å². The van der Waals surface area contributed by atoms with Gasteiger partial charge in [-0.1, -0.05) is 11.6 Å². The summed E-state index contributed by atoms with van der Waals surface area (Å²) in [6.07, 6.45) is 2.23. The first kappa shape index (κ1) is 11.3. The van der Waals surface area contributed by atoms with E-state index in [1.54, 1.807) is 6.07 Å². The zero-order valence-electron chi connectivity index (χ0n) is 9.40. The van der Waals surface area contributed by atoms with Crippen molar-refractivity contribution in [1.82, 2.24) is 14.8 Å². The molecule has 0 atom stereocenters. The average molecular weight is 268 g/mol. The molecule has 0 saturated heterocycles. The second-order valence-electron chi connectivity index (χ2n) is 4.22. The predicted molar refractivity (Wildman–Crippen MR) is 67.4 cm³/mol. The number of aromatic nitrogens is 3. The molecular weight excluding hydrogens is 257 g/mol. The number of hydrogen-bond acceptors (Lipinski definition) is 4. The fourth-order valence-corrected chi connectivity index (χ4v) is 1.72. The first-order valence-corrected chi connectivity index (χ1v) is 5.96. The minimum absolute atomic E-state index is 0.0637. The van der Waals surface area contributed by atoms with Gasteiger partial charge in [0, 0.05) is 12.1 Å². The largest absolute Gasteiger partial charge is 0.368 e. The Balaban J connectivity index is 1.94. The Kier molecular flexibility index (Phi) is 2.59. The van der Waals surface area contributed by atoms with Crippen molar-refractivity contribution in [3.05, 3.63) is 29.0 Å². The molecule has 1 aromatic heterocycles. The van der Waals surface area contributed by atoms with Crippen LogP contribution in [0.5, 0.6) is 0 Å². The Morgan fingerprint density at radius 2 is 2.22 bits per heavy atom. The lowest BCUT2D eigenvalue weighted by molar-refractivity contribution is 0.626. The summed E-state index contributed by atoms with van der Waals surface area (Å²) in [5, 5.41) is 7.38. The van der Waals surface area contributed by atoms with Crippen LogP contribution < -0.4 is 11.1 Å². The van der Waals surface area contributed by atoms with Gasteiger partial charge in [0.1, 0.15) is 5.82 Å². The molecule has 3 N–H and O–H groups in total. The fourth-order valence-electron chi connectivity index (χ4n) is 1.60. The van der Waals surface area contributed by atoms with Crippen LogP contribution in [0.25, 0.3) is 5.69 Å². The first-order chi connectivity index (χ1) is 8.63. The van der Waals surface area contributed by atoms with Crippen molar-refractivity contribution in [3.8, 4) is 5.69 Å². The number of benzene rings is 1. The molecule has 0 bridgehead atoms. The Labute approximate surface area is 108 Å². The molecule has 1 aliphatic carbocycles. The highest BCUT2D eigenvalue weighted by atomic mass is 35.5. The van der Waals surface area contributed by atoms with Gasteiger partial charge >= 0.3 is 0 Å². The molecule has 1 aliphatic rings. The lowest BCUT2D eigenvalue weighted by Crippen LogP contribution is -2.04. The number of nitrogens with zero attached hydrogens (tertiary/aromatic N) is 3. The van der Waals surface area contributed by atoms with E-state index < -0.39 is 5.82 Å². The van der Waals surface area contributed by atoms with E-state index in [0.29, 0.717) is 17.7 Å². The smallest absolute Gasteiger partial charge is 0.244 e. The van der Waals surface area contributed by atoms with Crippen LogP contribution in [0.3, 0.4) is 0 Å². The van der Waals surface area contributed by atoms with E-state index >= 15 is 0 Å². The second kappa shape index (κ2) is 4.13. The molecule has 0 spiro atoms. The predicted octanol–water partition coefficient (Wildman–Crippen LogP) is 2.22. The molecule has 1 fully saturated rings. The van der Waals surface area contributed by atoms with E-state index in [9.17, 15) is 4.39 Å². The molecule has 18 heavy (non-hydrogen) atoms. The SMILES string of the molecule is Nc1nc(NC2CC2)nn1-c1ccc(Cl)c(F)c1. The number of halogens is 2. The number of anilines is 2. The molecule has 1 saturated carbocycles. The van der Waals surface area contributed by atoms with E-state index in [1.165, 1.54) is 16.8 Å². The van der Waals surface area contributed by atoms with Crippen LogP contribution in [0, 0.1) is 5.82 Å². The fraction of sp³-hybridized carbons (Fsp3) is 0.273. The molecule has 5 nitrogen and oxygen atoms in total. The lowest BCUT2D eigenvalue weighted by Gasteiger charge is -2.03. The van der Waals surface area contributed by atoms with Crippen LogP contribution in [0.2, 0.25) is 5.02 Å². The number of nitrogens with two attached hydrogens (primary N) is 1. The van der Waals surface area contributed by atoms with Gasteiger partial charge in [0.2, 0.25) is 11.9 Å².